The fraction of sp³-hybridized carbons (Fsp3) is 0.571. The number of amides is 2. The number of urea groups is 1. The van der Waals surface area contributed by atoms with Gasteiger partial charge in [0.15, 0.2) is 0 Å². The van der Waals surface area contributed by atoms with Crippen molar-refractivity contribution in [2.24, 2.45) is 11.8 Å². The minimum Gasteiger partial charge on any atom is -0.446 e. The highest BCUT2D eigenvalue weighted by atomic mass is 19.3. The van der Waals surface area contributed by atoms with Gasteiger partial charge in [-0.05, 0) is 24.0 Å². The van der Waals surface area contributed by atoms with Crippen molar-refractivity contribution >= 4 is 6.03 Å². The van der Waals surface area contributed by atoms with Crippen LogP contribution in [0, 0.1) is 11.8 Å². The number of aromatic nitrogens is 1. The summed E-state index contributed by atoms with van der Waals surface area (Å²) in [5, 5.41) is 5.17. The number of ether oxygens (including phenoxy) is 1. The first kappa shape index (κ1) is 14.9. The SMILES string of the molecule is O=C(NCc1ccnc(OCF)c1)N[C@@H]1[C@H]2CCC(F)(F)[C@H]21. The summed E-state index contributed by atoms with van der Waals surface area (Å²) in [5.41, 5.74) is 0.676. The number of carbonyl (C=O) groups is 1. The summed E-state index contributed by atoms with van der Waals surface area (Å²) in [6, 6.07) is 2.22. The van der Waals surface area contributed by atoms with Crippen molar-refractivity contribution < 1.29 is 22.7 Å². The van der Waals surface area contributed by atoms with E-state index in [1.165, 1.54) is 12.3 Å². The van der Waals surface area contributed by atoms with E-state index < -0.39 is 30.8 Å². The Bertz CT molecular complexity index is 570. The van der Waals surface area contributed by atoms with E-state index in [1.807, 2.05) is 0 Å². The maximum absolute atomic E-state index is 13.4. The third-order valence-corrected chi connectivity index (χ3v) is 4.22. The predicted molar refractivity (Wildman–Crippen MR) is 71.2 cm³/mol. The van der Waals surface area contributed by atoms with Gasteiger partial charge in [-0.1, -0.05) is 0 Å². The lowest BCUT2D eigenvalue weighted by molar-refractivity contribution is -0.0176. The van der Waals surface area contributed by atoms with Gasteiger partial charge in [-0.15, -0.1) is 0 Å². The lowest BCUT2D eigenvalue weighted by Gasteiger charge is -2.14. The molecular formula is C14H16F3N3O2. The molecule has 120 valence electrons. The molecule has 1 aromatic rings. The van der Waals surface area contributed by atoms with Gasteiger partial charge in [0, 0.05) is 37.2 Å². The lowest BCUT2D eigenvalue weighted by atomic mass is 10.2. The molecule has 0 spiro atoms. The van der Waals surface area contributed by atoms with Gasteiger partial charge in [0.25, 0.3) is 5.92 Å². The third-order valence-electron chi connectivity index (χ3n) is 4.22. The maximum Gasteiger partial charge on any atom is 0.315 e. The van der Waals surface area contributed by atoms with Crippen LogP contribution in [0.4, 0.5) is 18.0 Å². The summed E-state index contributed by atoms with van der Waals surface area (Å²) in [6.07, 6.45) is 1.80. The zero-order valence-electron chi connectivity index (χ0n) is 11.7. The number of halogens is 3. The normalized spacial score (nSPS) is 27.9. The summed E-state index contributed by atoms with van der Waals surface area (Å²) < 4.78 is 43.5. The number of nitrogens with one attached hydrogen (secondary N) is 2. The Morgan fingerprint density at radius 3 is 3.00 bits per heavy atom. The first-order chi connectivity index (χ1) is 10.5. The average molecular weight is 315 g/mol. The Morgan fingerprint density at radius 1 is 1.50 bits per heavy atom. The zero-order valence-corrected chi connectivity index (χ0v) is 11.7. The number of fused-ring (bicyclic) bond motifs is 1. The molecule has 22 heavy (non-hydrogen) atoms. The summed E-state index contributed by atoms with van der Waals surface area (Å²) in [6.45, 7) is -0.807. The van der Waals surface area contributed by atoms with E-state index in [1.54, 1.807) is 6.07 Å². The fourth-order valence-corrected chi connectivity index (χ4v) is 3.11. The van der Waals surface area contributed by atoms with Crippen LogP contribution in [0.15, 0.2) is 18.3 Å². The van der Waals surface area contributed by atoms with Crippen molar-refractivity contribution in [3.05, 3.63) is 23.9 Å². The summed E-state index contributed by atoms with van der Waals surface area (Å²) >= 11 is 0. The van der Waals surface area contributed by atoms with Gasteiger partial charge >= 0.3 is 6.03 Å². The molecular weight excluding hydrogens is 299 g/mol. The molecule has 2 aliphatic carbocycles. The minimum atomic E-state index is -2.66. The van der Waals surface area contributed by atoms with Gasteiger partial charge in [0.1, 0.15) is 0 Å². The Hall–Kier alpha value is -1.99. The second kappa shape index (κ2) is 5.66. The third kappa shape index (κ3) is 2.95. The van der Waals surface area contributed by atoms with E-state index in [9.17, 15) is 18.0 Å². The highest BCUT2D eigenvalue weighted by Crippen LogP contribution is 2.59. The molecule has 5 nitrogen and oxygen atoms in total. The monoisotopic (exact) mass is 315 g/mol. The quantitative estimate of drug-likeness (QED) is 0.876. The Kier molecular flexibility index (Phi) is 3.84. The maximum atomic E-state index is 13.4. The number of nitrogens with zero attached hydrogens (tertiary/aromatic N) is 1. The second-order valence-electron chi connectivity index (χ2n) is 5.60. The molecule has 2 N–H and O–H groups in total. The van der Waals surface area contributed by atoms with Gasteiger partial charge in [0.05, 0.1) is 0 Å². The molecule has 2 saturated carbocycles. The molecule has 2 amide bonds. The lowest BCUT2D eigenvalue weighted by Crippen LogP contribution is -2.39. The van der Waals surface area contributed by atoms with Gasteiger partial charge in [-0.2, -0.15) is 0 Å². The number of rotatable bonds is 5. The van der Waals surface area contributed by atoms with Crippen LogP contribution < -0.4 is 15.4 Å². The van der Waals surface area contributed by atoms with Crippen LogP contribution in [-0.2, 0) is 6.54 Å². The highest BCUT2D eigenvalue weighted by Gasteiger charge is 2.68. The number of alkyl halides is 3. The first-order valence-corrected chi connectivity index (χ1v) is 7.07. The molecule has 0 bridgehead atoms. The molecule has 8 heteroatoms. The topological polar surface area (TPSA) is 63.2 Å². The summed E-state index contributed by atoms with van der Waals surface area (Å²) in [4.78, 5) is 15.5. The molecule has 3 atom stereocenters. The Labute approximate surface area is 125 Å². The van der Waals surface area contributed by atoms with E-state index >= 15 is 0 Å². The molecule has 2 fully saturated rings. The Balaban J connectivity index is 1.46. The standard InChI is InChI=1S/C14H16F3N3O2/c15-7-22-10-5-8(2-4-18-10)6-19-13(21)20-12-9-1-3-14(16,17)11(9)12/h2,4-5,9,11-12H,1,3,6-7H2,(H2,19,20,21)/t9-,11+,12+/m0/s1. The van der Waals surface area contributed by atoms with Crippen LogP contribution in [0.5, 0.6) is 5.88 Å². The van der Waals surface area contributed by atoms with Gasteiger partial charge < -0.3 is 15.4 Å². The summed E-state index contributed by atoms with van der Waals surface area (Å²) in [5.74, 6) is -3.36. The molecule has 2 aliphatic rings. The number of pyridine rings is 1. The van der Waals surface area contributed by atoms with Crippen molar-refractivity contribution in [3.63, 3.8) is 0 Å². The summed E-state index contributed by atoms with van der Waals surface area (Å²) in [7, 11) is 0. The number of hydrogen-bond acceptors (Lipinski definition) is 3. The Morgan fingerprint density at radius 2 is 2.32 bits per heavy atom. The number of carbonyl (C=O) groups excluding carboxylic acids is 1. The van der Waals surface area contributed by atoms with Crippen molar-refractivity contribution in [1.29, 1.82) is 0 Å². The van der Waals surface area contributed by atoms with Crippen molar-refractivity contribution in [2.75, 3.05) is 6.86 Å². The smallest absolute Gasteiger partial charge is 0.315 e. The molecule has 0 radical (unpaired) electrons. The van der Waals surface area contributed by atoms with Crippen molar-refractivity contribution in [3.8, 4) is 5.88 Å². The van der Waals surface area contributed by atoms with E-state index in [4.69, 9.17) is 0 Å². The van der Waals surface area contributed by atoms with Gasteiger partial charge in [-0.3, -0.25) is 0 Å². The predicted octanol–water partition coefficient (Wildman–Crippen LogP) is 2.23. The second-order valence-corrected chi connectivity index (χ2v) is 5.60. The van der Waals surface area contributed by atoms with Crippen LogP contribution in [0.1, 0.15) is 18.4 Å². The largest absolute Gasteiger partial charge is 0.446 e. The van der Waals surface area contributed by atoms with Crippen molar-refractivity contribution in [1.82, 2.24) is 15.6 Å². The average Bonchev–Trinajstić information content (AvgIpc) is 3.07. The van der Waals surface area contributed by atoms with Gasteiger partial charge in [0.2, 0.25) is 12.7 Å². The van der Waals surface area contributed by atoms with E-state index in [0.29, 0.717) is 12.0 Å². The van der Waals surface area contributed by atoms with E-state index in [2.05, 4.69) is 20.4 Å². The molecule has 1 heterocycles. The first-order valence-electron chi connectivity index (χ1n) is 7.07. The highest BCUT2D eigenvalue weighted by molar-refractivity contribution is 5.74. The van der Waals surface area contributed by atoms with Crippen LogP contribution in [0.3, 0.4) is 0 Å². The molecule has 0 aliphatic heterocycles. The number of hydrogen-bond donors (Lipinski definition) is 2. The molecule has 0 saturated heterocycles. The van der Waals surface area contributed by atoms with Crippen LogP contribution in [0.2, 0.25) is 0 Å². The minimum absolute atomic E-state index is 0.0868. The van der Waals surface area contributed by atoms with Gasteiger partial charge in [-0.25, -0.2) is 22.9 Å². The van der Waals surface area contributed by atoms with E-state index in [-0.39, 0.29) is 24.8 Å². The molecule has 0 aromatic carbocycles. The fourth-order valence-electron chi connectivity index (χ4n) is 3.11. The van der Waals surface area contributed by atoms with Crippen molar-refractivity contribution in [2.45, 2.75) is 31.4 Å². The van der Waals surface area contributed by atoms with Crippen LogP contribution in [0.25, 0.3) is 0 Å². The zero-order chi connectivity index (χ0) is 15.7. The molecule has 0 unspecified atom stereocenters. The molecule has 1 aromatic heterocycles. The van der Waals surface area contributed by atoms with Crippen LogP contribution in [-0.4, -0.2) is 29.8 Å². The van der Waals surface area contributed by atoms with E-state index in [0.717, 1.165) is 0 Å². The molecule has 3 rings (SSSR count). The van der Waals surface area contributed by atoms with Crippen LogP contribution >= 0.6 is 0 Å².